The summed E-state index contributed by atoms with van der Waals surface area (Å²) in [6, 6.07) is 8.85. The van der Waals surface area contributed by atoms with Crippen LogP contribution < -0.4 is 5.32 Å². The maximum Gasteiger partial charge on any atom is 0.256 e. The van der Waals surface area contributed by atoms with Crippen LogP contribution >= 0.6 is 0 Å². The monoisotopic (exact) mass is 338 g/mol. The molecule has 0 bridgehead atoms. The number of hydrogen-bond acceptors (Lipinski definition) is 6. The zero-order valence-corrected chi connectivity index (χ0v) is 13.2. The van der Waals surface area contributed by atoms with Gasteiger partial charge in [-0.1, -0.05) is 18.2 Å². The highest BCUT2D eigenvalue weighted by molar-refractivity contribution is 6.06. The Kier molecular flexibility index (Phi) is 3.90. The molecule has 1 radical (unpaired) electrons. The molecular weight excluding hydrogens is 322 g/mol. The Morgan fingerprint density at radius 3 is 2.80 bits per heavy atom. The lowest BCUT2D eigenvalue weighted by Crippen LogP contribution is -2.16. The van der Waals surface area contributed by atoms with Crippen LogP contribution in [0.3, 0.4) is 0 Å². The molecule has 1 aliphatic heterocycles. The molecule has 3 aromatic rings. The number of imidazole rings is 1. The van der Waals surface area contributed by atoms with Gasteiger partial charge in [-0.05, 0) is 19.1 Å². The molecule has 1 aliphatic rings. The fourth-order valence-corrected chi connectivity index (χ4v) is 2.81. The van der Waals surface area contributed by atoms with Crippen molar-refractivity contribution in [3.05, 3.63) is 55.5 Å². The zero-order chi connectivity index (χ0) is 17.4. The van der Waals surface area contributed by atoms with Crippen molar-refractivity contribution in [1.82, 2.24) is 19.5 Å². The number of benzene rings is 1. The highest BCUT2D eigenvalue weighted by Crippen LogP contribution is 2.31. The fraction of sp³-hybridized carbons (Fsp3) is 0.235. The van der Waals surface area contributed by atoms with Crippen molar-refractivity contribution in [2.24, 2.45) is 0 Å². The Balaban J connectivity index is 1.64. The van der Waals surface area contributed by atoms with E-state index < -0.39 is 18.4 Å². The molecule has 1 aromatic carbocycles. The Bertz CT molecular complexity index is 901. The largest absolute Gasteiger partial charge is 0.390 e. The van der Waals surface area contributed by atoms with Gasteiger partial charge in [-0.15, -0.1) is 0 Å². The van der Waals surface area contributed by atoms with Crippen molar-refractivity contribution in [2.45, 2.75) is 24.9 Å². The van der Waals surface area contributed by atoms with Crippen molar-refractivity contribution in [3.63, 3.8) is 0 Å². The van der Waals surface area contributed by atoms with Gasteiger partial charge in [-0.2, -0.15) is 0 Å². The Hall–Kier alpha value is -2.84. The van der Waals surface area contributed by atoms with E-state index >= 15 is 0 Å². The molecule has 3 atom stereocenters. The second-order valence-corrected chi connectivity index (χ2v) is 5.80. The summed E-state index contributed by atoms with van der Waals surface area (Å²) in [7, 11) is 0. The Morgan fingerprint density at radius 2 is 2.08 bits per heavy atom. The van der Waals surface area contributed by atoms with Crippen LogP contribution in [0.25, 0.3) is 11.2 Å². The number of nitrogens with one attached hydrogen (secondary N) is 1. The van der Waals surface area contributed by atoms with E-state index in [9.17, 15) is 9.90 Å². The molecule has 127 valence electrons. The first kappa shape index (κ1) is 15.7. The molecule has 1 fully saturated rings. The van der Waals surface area contributed by atoms with Crippen LogP contribution in [0.4, 0.5) is 5.82 Å². The number of ether oxygens (including phenoxy) is 1. The number of aliphatic hydroxyl groups is 1. The van der Waals surface area contributed by atoms with E-state index in [0.717, 1.165) is 0 Å². The Labute approximate surface area is 143 Å². The molecule has 3 heterocycles. The van der Waals surface area contributed by atoms with Gasteiger partial charge in [-0.25, -0.2) is 15.0 Å². The molecule has 8 nitrogen and oxygen atoms in total. The lowest BCUT2D eigenvalue weighted by atomic mass is 10.2. The summed E-state index contributed by atoms with van der Waals surface area (Å²) < 4.78 is 7.34. The van der Waals surface area contributed by atoms with Gasteiger partial charge in [0.1, 0.15) is 12.6 Å². The number of rotatable bonds is 3. The fourth-order valence-electron chi connectivity index (χ4n) is 2.81. The molecule has 8 heteroatoms. The first-order valence-electron chi connectivity index (χ1n) is 7.84. The average Bonchev–Trinajstić information content (AvgIpc) is 3.20. The van der Waals surface area contributed by atoms with E-state index in [1.165, 1.54) is 6.33 Å². The second-order valence-electron chi connectivity index (χ2n) is 5.80. The minimum Gasteiger partial charge on any atom is -0.390 e. The van der Waals surface area contributed by atoms with E-state index in [1.807, 2.05) is 6.07 Å². The number of aromatic nitrogens is 4. The van der Waals surface area contributed by atoms with Gasteiger partial charge < -0.3 is 15.2 Å². The molecule has 0 spiro atoms. The van der Waals surface area contributed by atoms with Gasteiger partial charge in [0.05, 0.1) is 18.5 Å². The number of hydrogen-bond donors (Lipinski definition) is 2. The third kappa shape index (κ3) is 2.86. The zero-order valence-electron chi connectivity index (χ0n) is 13.2. The summed E-state index contributed by atoms with van der Waals surface area (Å²) >= 11 is 0. The van der Waals surface area contributed by atoms with Gasteiger partial charge in [0.2, 0.25) is 0 Å². The molecule has 1 saturated heterocycles. The van der Waals surface area contributed by atoms with Crippen LogP contribution in [-0.4, -0.2) is 42.7 Å². The summed E-state index contributed by atoms with van der Waals surface area (Å²) in [6.45, 7) is 3.75. The van der Waals surface area contributed by atoms with Crippen LogP contribution in [0.5, 0.6) is 0 Å². The lowest BCUT2D eigenvalue weighted by molar-refractivity contribution is 0.00749. The number of amides is 1. The van der Waals surface area contributed by atoms with Gasteiger partial charge in [0.25, 0.3) is 5.91 Å². The average molecular weight is 338 g/mol. The number of carbonyl (C=O) groups is 1. The minimum absolute atomic E-state index is 0.277. The van der Waals surface area contributed by atoms with Crippen LogP contribution in [0, 0.1) is 6.92 Å². The molecule has 0 unspecified atom stereocenters. The predicted molar refractivity (Wildman–Crippen MR) is 89.6 cm³/mol. The maximum atomic E-state index is 12.3. The SMILES string of the molecule is [CH2][C@H]1O[C@@H](n2cnc3c(NC(=O)c4ccccc4)ncnc32)C[C@@H]1O. The van der Waals surface area contributed by atoms with Gasteiger partial charge in [0, 0.05) is 12.0 Å². The van der Waals surface area contributed by atoms with Crippen LogP contribution in [-0.2, 0) is 4.74 Å². The second kappa shape index (κ2) is 6.23. The molecule has 1 amide bonds. The van der Waals surface area contributed by atoms with Crippen molar-refractivity contribution < 1.29 is 14.6 Å². The van der Waals surface area contributed by atoms with Crippen molar-refractivity contribution in [2.75, 3.05) is 5.32 Å². The molecule has 0 aliphatic carbocycles. The van der Waals surface area contributed by atoms with Crippen molar-refractivity contribution in [3.8, 4) is 0 Å². The standard InChI is InChI=1S/C17H16N5O3/c1-10-12(23)7-13(25-10)22-9-20-14-15(18-8-19-16(14)22)21-17(24)11-5-3-2-4-6-11/h2-6,8-10,12-13,23H,1,7H2,(H,18,19,21,24)/t10-,12+,13-/m1/s1. The first-order valence-corrected chi connectivity index (χ1v) is 7.84. The number of nitrogens with zero attached hydrogens (tertiary/aromatic N) is 4. The maximum absolute atomic E-state index is 12.3. The minimum atomic E-state index is -0.637. The molecule has 0 saturated carbocycles. The number of aliphatic hydroxyl groups excluding tert-OH is 1. The summed E-state index contributed by atoms with van der Waals surface area (Å²) in [6.07, 6.45) is 1.77. The van der Waals surface area contributed by atoms with Crippen molar-refractivity contribution in [1.29, 1.82) is 0 Å². The molecule has 4 rings (SSSR count). The highest BCUT2D eigenvalue weighted by Gasteiger charge is 2.33. The number of fused-ring (bicyclic) bond motifs is 1. The quantitative estimate of drug-likeness (QED) is 0.751. The van der Waals surface area contributed by atoms with Crippen LogP contribution in [0.1, 0.15) is 23.0 Å². The van der Waals surface area contributed by atoms with Gasteiger partial charge in [0.15, 0.2) is 17.0 Å². The van der Waals surface area contributed by atoms with Gasteiger partial charge in [-0.3, -0.25) is 9.36 Å². The summed E-state index contributed by atoms with van der Waals surface area (Å²) in [4.78, 5) is 25.0. The van der Waals surface area contributed by atoms with E-state index in [0.29, 0.717) is 29.0 Å². The molecule has 2 aromatic heterocycles. The third-order valence-corrected chi connectivity index (χ3v) is 4.14. The molecular formula is C17H16N5O3. The molecule has 25 heavy (non-hydrogen) atoms. The van der Waals surface area contributed by atoms with Crippen LogP contribution in [0.2, 0.25) is 0 Å². The predicted octanol–water partition coefficient (Wildman–Crippen LogP) is 1.56. The van der Waals surface area contributed by atoms with Crippen LogP contribution in [0.15, 0.2) is 43.0 Å². The van der Waals surface area contributed by atoms with E-state index in [1.54, 1.807) is 35.2 Å². The summed E-state index contributed by atoms with van der Waals surface area (Å²) in [5, 5.41) is 12.6. The van der Waals surface area contributed by atoms with E-state index in [-0.39, 0.29) is 5.91 Å². The topological polar surface area (TPSA) is 102 Å². The number of carbonyl (C=O) groups excluding carboxylic acids is 1. The number of anilines is 1. The van der Waals surface area contributed by atoms with E-state index in [4.69, 9.17) is 4.74 Å². The van der Waals surface area contributed by atoms with Crippen molar-refractivity contribution >= 4 is 22.9 Å². The third-order valence-electron chi connectivity index (χ3n) is 4.14. The highest BCUT2D eigenvalue weighted by atomic mass is 16.5. The lowest BCUT2D eigenvalue weighted by Gasteiger charge is -2.12. The summed E-state index contributed by atoms with van der Waals surface area (Å²) in [5.74, 6) is 0.0443. The first-order chi connectivity index (χ1) is 12.1. The summed E-state index contributed by atoms with van der Waals surface area (Å²) in [5.41, 5.74) is 1.50. The van der Waals surface area contributed by atoms with Gasteiger partial charge >= 0.3 is 0 Å². The molecule has 2 N–H and O–H groups in total. The van der Waals surface area contributed by atoms with E-state index in [2.05, 4.69) is 27.2 Å². The normalized spacial score (nSPS) is 23.0. The Morgan fingerprint density at radius 1 is 1.28 bits per heavy atom. The smallest absolute Gasteiger partial charge is 0.256 e.